The van der Waals surface area contributed by atoms with Gasteiger partial charge in [-0.05, 0) is 36.8 Å². The maximum absolute atomic E-state index is 13.5. The number of rotatable bonds is 3. The van der Waals surface area contributed by atoms with Crippen LogP contribution in [0.4, 0.5) is 15.8 Å². The zero-order chi connectivity index (χ0) is 14.7. The fourth-order valence-corrected chi connectivity index (χ4v) is 1.90. The van der Waals surface area contributed by atoms with E-state index in [0.29, 0.717) is 16.8 Å². The number of anilines is 2. The van der Waals surface area contributed by atoms with Crippen LogP contribution < -0.4 is 10.2 Å². The SMILES string of the molecule is Cc1ccc(C(=O)Nc2ccccc2N(C)C)cc1F. The highest BCUT2D eigenvalue weighted by molar-refractivity contribution is 6.05. The van der Waals surface area contributed by atoms with Gasteiger partial charge in [0.15, 0.2) is 0 Å². The Hall–Kier alpha value is -2.36. The van der Waals surface area contributed by atoms with Gasteiger partial charge in [-0.1, -0.05) is 18.2 Å². The van der Waals surface area contributed by atoms with Crippen molar-refractivity contribution in [3.8, 4) is 0 Å². The first kappa shape index (κ1) is 14.1. The molecule has 0 aromatic heterocycles. The van der Waals surface area contributed by atoms with E-state index in [1.807, 2.05) is 43.3 Å². The van der Waals surface area contributed by atoms with Gasteiger partial charge in [-0.3, -0.25) is 4.79 Å². The van der Waals surface area contributed by atoms with Crippen LogP contribution in [0.15, 0.2) is 42.5 Å². The Balaban J connectivity index is 2.26. The molecule has 3 nitrogen and oxygen atoms in total. The van der Waals surface area contributed by atoms with Gasteiger partial charge in [-0.15, -0.1) is 0 Å². The Labute approximate surface area is 118 Å². The van der Waals surface area contributed by atoms with E-state index in [4.69, 9.17) is 0 Å². The monoisotopic (exact) mass is 272 g/mol. The highest BCUT2D eigenvalue weighted by Crippen LogP contribution is 2.24. The topological polar surface area (TPSA) is 32.3 Å². The van der Waals surface area contributed by atoms with E-state index in [9.17, 15) is 9.18 Å². The van der Waals surface area contributed by atoms with Crippen LogP contribution in [0.25, 0.3) is 0 Å². The van der Waals surface area contributed by atoms with Gasteiger partial charge in [0.05, 0.1) is 11.4 Å². The van der Waals surface area contributed by atoms with Gasteiger partial charge >= 0.3 is 0 Å². The number of amides is 1. The average molecular weight is 272 g/mol. The second-order valence-electron chi connectivity index (χ2n) is 4.83. The number of hydrogen-bond acceptors (Lipinski definition) is 2. The molecule has 0 aliphatic rings. The van der Waals surface area contributed by atoms with Gasteiger partial charge in [0.2, 0.25) is 0 Å². The molecular formula is C16H17FN2O. The summed E-state index contributed by atoms with van der Waals surface area (Å²) in [5, 5.41) is 2.81. The molecule has 104 valence electrons. The minimum Gasteiger partial charge on any atom is -0.376 e. The Kier molecular flexibility index (Phi) is 4.03. The molecule has 0 radical (unpaired) electrons. The summed E-state index contributed by atoms with van der Waals surface area (Å²) in [7, 11) is 3.80. The molecule has 2 aromatic rings. The Bertz CT molecular complexity index is 638. The highest BCUT2D eigenvalue weighted by Gasteiger charge is 2.11. The smallest absolute Gasteiger partial charge is 0.255 e. The fraction of sp³-hybridized carbons (Fsp3) is 0.188. The fourth-order valence-electron chi connectivity index (χ4n) is 1.90. The van der Waals surface area contributed by atoms with E-state index in [2.05, 4.69) is 5.32 Å². The van der Waals surface area contributed by atoms with Crippen LogP contribution in [0.3, 0.4) is 0 Å². The third-order valence-electron chi connectivity index (χ3n) is 3.07. The van der Waals surface area contributed by atoms with Crippen molar-refractivity contribution in [2.24, 2.45) is 0 Å². The number of aryl methyl sites for hydroxylation is 1. The van der Waals surface area contributed by atoms with Gasteiger partial charge in [0, 0.05) is 19.7 Å². The van der Waals surface area contributed by atoms with Crippen LogP contribution >= 0.6 is 0 Å². The summed E-state index contributed by atoms with van der Waals surface area (Å²) in [5.74, 6) is -0.697. The van der Waals surface area contributed by atoms with Crippen molar-refractivity contribution in [3.05, 3.63) is 59.4 Å². The lowest BCUT2D eigenvalue weighted by Gasteiger charge is -2.17. The zero-order valence-corrected chi connectivity index (χ0v) is 11.8. The summed E-state index contributed by atoms with van der Waals surface area (Å²) in [6.07, 6.45) is 0. The molecule has 0 bridgehead atoms. The molecule has 0 aliphatic carbocycles. The van der Waals surface area contributed by atoms with Gasteiger partial charge in [-0.2, -0.15) is 0 Å². The van der Waals surface area contributed by atoms with Crippen LogP contribution in [0.1, 0.15) is 15.9 Å². The molecule has 0 saturated heterocycles. The van der Waals surface area contributed by atoms with E-state index in [0.717, 1.165) is 5.69 Å². The minimum absolute atomic E-state index is 0.307. The lowest BCUT2D eigenvalue weighted by Crippen LogP contribution is -2.16. The van der Waals surface area contributed by atoms with Crippen molar-refractivity contribution in [1.29, 1.82) is 0 Å². The first-order chi connectivity index (χ1) is 9.49. The molecule has 0 aliphatic heterocycles. The quantitative estimate of drug-likeness (QED) is 0.928. The molecule has 1 N–H and O–H groups in total. The third kappa shape index (κ3) is 2.96. The molecule has 0 fully saturated rings. The van der Waals surface area contributed by atoms with Crippen molar-refractivity contribution in [3.63, 3.8) is 0 Å². The van der Waals surface area contributed by atoms with E-state index in [1.54, 1.807) is 19.1 Å². The summed E-state index contributed by atoms with van der Waals surface area (Å²) in [5.41, 5.74) is 2.42. The van der Waals surface area contributed by atoms with Crippen molar-refractivity contribution in [1.82, 2.24) is 0 Å². The van der Waals surface area contributed by atoms with Crippen LogP contribution in [0.2, 0.25) is 0 Å². The molecule has 0 unspecified atom stereocenters. The van der Waals surface area contributed by atoms with Gasteiger partial charge < -0.3 is 10.2 Å². The van der Waals surface area contributed by atoms with E-state index in [-0.39, 0.29) is 11.7 Å². The first-order valence-corrected chi connectivity index (χ1v) is 6.33. The van der Waals surface area contributed by atoms with Crippen molar-refractivity contribution in [2.75, 3.05) is 24.3 Å². The third-order valence-corrected chi connectivity index (χ3v) is 3.07. The van der Waals surface area contributed by atoms with E-state index in [1.165, 1.54) is 6.07 Å². The molecule has 0 heterocycles. The van der Waals surface area contributed by atoms with Gasteiger partial charge in [-0.25, -0.2) is 4.39 Å². The van der Waals surface area contributed by atoms with Crippen LogP contribution in [0.5, 0.6) is 0 Å². The number of carbonyl (C=O) groups is 1. The maximum atomic E-state index is 13.5. The first-order valence-electron chi connectivity index (χ1n) is 6.33. The summed E-state index contributed by atoms with van der Waals surface area (Å²) in [6, 6.07) is 11.9. The maximum Gasteiger partial charge on any atom is 0.255 e. The molecular weight excluding hydrogens is 255 g/mol. The molecule has 1 amide bonds. The Morgan fingerprint density at radius 2 is 1.85 bits per heavy atom. The zero-order valence-electron chi connectivity index (χ0n) is 11.8. The molecule has 2 rings (SSSR count). The van der Waals surface area contributed by atoms with Crippen molar-refractivity contribution in [2.45, 2.75) is 6.92 Å². The predicted octanol–water partition coefficient (Wildman–Crippen LogP) is 3.45. The normalized spacial score (nSPS) is 10.2. The summed E-state index contributed by atoms with van der Waals surface area (Å²) >= 11 is 0. The number of benzene rings is 2. The average Bonchev–Trinajstić information content (AvgIpc) is 2.42. The lowest BCUT2D eigenvalue weighted by atomic mass is 10.1. The molecule has 0 atom stereocenters. The Morgan fingerprint density at radius 1 is 1.15 bits per heavy atom. The summed E-state index contributed by atoms with van der Waals surface area (Å²) < 4.78 is 13.5. The molecule has 0 saturated carbocycles. The number of hydrogen-bond donors (Lipinski definition) is 1. The number of nitrogens with one attached hydrogen (secondary N) is 1. The summed E-state index contributed by atoms with van der Waals surface area (Å²) in [6.45, 7) is 1.67. The number of carbonyl (C=O) groups excluding carboxylic acids is 1. The van der Waals surface area contributed by atoms with Crippen LogP contribution in [-0.2, 0) is 0 Å². The molecule has 4 heteroatoms. The second-order valence-corrected chi connectivity index (χ2v) is 4.83. The van der Waals surface area contributed by atoms with Crippen LogP contribution in [-0.4, -0.2) is 20.0 Å². The van der Waals surface area contributed by atoms with Crippen LogP contribution in [0, 0.1) is 12.7 Å². The van der Waals surface area contributed by atoms with E-state index < -0.39 is 0 Å². The van der Waals surface area contributed by atoms with E-state index >= 15 is 0 Å². The minimum atomic E-state index is -0.376. The number of para-hydroxylation sites is 2. The molecule has 0 spiro atoms. The standard InChI is InChI=1S/C16H17FN2O/c1-11-8-9-12(10-13(11)17)16(20)18-14-6-4-5-7-15(14)19(2)3/h4-10H,1-3H3,(H,18,20). The molecule has 20 heavy (non-hydrogen) atoms. The largest absolute Gasteiger partial charge is 0.376 e. The highest BCUT2D eigenvalue weighted by atomic mass is 19.1. The molecule has 2 aromatic carbocycles. The van der Waals surface area contributed by atoms with Gasteiger partial charge in [0.1, 0.15) is 5.82 Å². The van der Waals surface area contributed by atoms with Crippen molar-refractivity contribution >= 4 is 17.3 Å². The predicted molar refractivity (Wildman–Crippen MR) is 79.9 cm³/mol. The summed E-state index contributed by atoms with van der Waals surface area (Å²) in [4.78, 5) is 14.1. The number of halogens is 1. The van der Waals surface area contributed by atoms with Gasteiger partial charge in [0.25, 0.3) is 5.91 Å². The second kappa shape index (κ2) is 5.74. The number of nitrogens with zero attached hydrogens (tertiary/aromatic N) is 1. The Morgan fingerprint density at radius 3 is 2.50 bits per heavy atom. The lowest BCUT2D eigenvalue weighted by molar-refractivity contribution is 0.102. The van der Waals surface area contributed by atoms with Crippen molar-refractivity contribution < 1.29 is 9.18 Å².